The zero-order chi connectivity index (χ0) is 11.8. The molecule has 0 aliphatic rings. The molecule has 16 heavy (non-hydrogen) atoms. The summed E-state index contributed by atoms with van der Waals surface area (Å²) in [4.78, 5) is 8.12. The average Bonchev–Trinajstić information content (AvgIpc) is 2.22. The van der Waals surface area contributed by atoms with Gasteiger partial charge in [-0.25, -0.2) is 4.98 Å². The van der Waals surface area contributed by atoms with Gasteiger partial charge < -0.3 is 16.8 Å². The highest BCUT2D eigenvalue weighted by Crippen LogP contribution is 2.07. The van der Waals surface area contributed by atoms with E-state index in [0.29, 0.717) is 5.95 Å². The number of nitrogens with one attached hydrogen (secondary N) is 1. The van der Waals surface area contributed by atoms with Crippen LogP contribution in [-0.4, -0.2) is 23.1 Å². The summed E-state index contributed by atoms with van der Waals surface area (Å²) >= 11 is 0. The SMILES string of the molecule is Cc1cc(NCCCCCCN)nc(N)n1. The van der Waals surface area contributed by atoms with E-state index in [1.165, 1.54) is 12.8 Å². The van der Waals surface area contributed by atoms with Crippen LogP contribution in [-0.2, 0) is 0 Å². The highest BCUT2D eigenvalue weighted by molar-refractivity contribution is 5.39. The number of rotatable bonds is 7. The van der Waals surface area contributed by atoms with Crippen molar-refractivity contribution < 1.29 is 0 Å². The van der Waals surface area contributed by atoms with Gasteiger partial charge in [-0.3, -0.25) is 0 Å². The first-order valence-electron chi connectivity index (χ1n) is 5.77. The summed E-state index contributed by atoms with van der Waals surface area (Å²) in [6.07, 6.45) is 4.63. The van der Waals surface area contributed by atoms with Gasteiger partial charge in [0, 0.05) is 18.3 Å². The lowest BCUT2D eigenvalue weighted by Crippen LogP contribution is -2.06. The normalized spacial score (nSPS) is 10.4. The van der Waals surface area contributed by atoms with Crippen molar-refractivity contribution in [1.82, 2.24) is 9.97 Å². The molecule has 0 saturated heterocycles. The highest BCUT2D eigenvalue weighted by atomic mass is 15.1. The minimum absolute atomic E-state index is 0.325. The lowest BCUT2D eigenvalue weighted by Gasteiger charge is -2.06. The Hall–Kier alpha value is -1.36. The molecule has 5 N–H and O–H groups in total. The summed E-state index contributed by atoms with van der Waals surface area (Å²) in [5.74, 6) is 1.13. The van der Waals surface area contributed by atoms with E-state index >= 15 is 0 Å². The second-order valence-electron chi connectivity index (χ2n) is 3.88. The number of nitrogens with zero attached hydrogens (tertiary/aromatic N) is 2. The molecule has 0 spiro atoms. The fraction of sp³-hybridized carbons (Fsp3) is 0.636. The first-order valence-corrected chi connectivity index (χ1v) is 5.77. The quantitative estimate of drug-likeness (QED) is 0.606. The Balaban J connectivity index is 2.21. The second kappa shape index (κ2) is 7.00. The Bertz CT molecular complexity index is 293. The Morgan fingerprint density at radius 1 is 1.19 bits per heavy atom. The van der Waals surface area contributed by atoms with E-state index in [9.17, 15) is 0 Å². The zero-order valence-electron chi connectivity index (χ0n) is 9.87. The van der Waals surface area contributed by atoms with Crippen molar-refractivity contribution >= 4 is 11.8 Å². The number of nitrogens with two attached hydrogens (primary N) is 2. The summed E-state index contributed by atoms with van der Waals surface area (Å²) in [6.45, 7) is 3.61. The van der Waals surface area contributed by atoms with E-state index in [0.717, 1.165) is 37.4 Å². The van der Waals surface area contributed by atoms with Crippen LogP contribution < -0.4 is 16.8 Å². The van der Waals surface area contributed by atoms with Gasteiger partial charge in [0.05, 0.1) is 0 Å². The summed E-state index contributed by atoms with van der Waals surface area (Å²) in [5.41, 5.74) is 11.9. The van der Waals surface area contributed by atoms with Gasteiger partial charge in [-0.15, -0.1) is 0 Å². The molecule has 0 radical (unpaired) electrons. The van der Waals surface area contributed by atoms with Crippen molar-refractivity contribution in [3.05, 3.63) is 11.8 Å². The molecule has 0 fully saturated rings. The van der Waals surface area contributed by atoms with Crippen LogP contribution in [0.25, 0.3) is 0 Å². The number of nitrogen functional groups attached to an aromatic ring is 1. The van der Waals surface area contributed by atoms with Gasteiger partial charge in [0.25, 0.3) is 0 Å². The molecule has 1 heterocycles. The van der Waals surface area contributed by atoms with Crippen molar-refractivity contribution in [2.24, 2.45) is 5.73 Å². The molecule has 0 atom stereocenters. The van der Waals surface area contributed by atoms with Gasteiger partial charge in [-0.1, -0.05) is 12.8 Å². The van der Waals surface area contributed by atoms with Crippen molar-refractivity contribution in [3.8, 4) is 0 Å². The molecule has 90 valence electrons. The lowest BCUT2D eigenvalue weighted by molar-refractivity contribution is 0.661. The second-order valence-corrected chi connectivity index (χ2v) is 3.88. The number of anilines is 2. The van der Waals surface area contributed by atoms with E-state index in [4.69, 9.17) is 11.5 Å². The molecular weight excluding hydrogens is 202 g/mol. The van der Waals surface area contributed by atoms with E-state index in [1.54, 1.807) is 0 Å². The van der Waals surface area contributed by atoms with Crippen LogP contribution in [0.15, 0.2) is 6.07 Å². The third-order valence-electron chi connectivity index (χ3n) is 2.31. The predicted molar refractivity (Wildman–Crippen MR) is 67.2 cm³/mol. The maximum absolute atomic E-state index is 5.55. The highest BCUT2D eigenvalue weighted by Gasteiger charge is 1.97. The molecule has 1 rings (SSSR count). The van der Waals surface area contributed by atoms with Crippen LogP contribution in [0.4, 0.5) is 11.8 Å². The topological polar surface area (TPSA) is 89.8 Å². The van der Waals surface area contributed by atoms with Gasteiger partial charge in [-0.2, -0.15) is 4.98 Å². The first kappa shape index (κ1) is 12.7. The molecular formula is C11H21N5. The molecule has 0 aromatic carbocycles. The molecule has 5 heteroatoms. The minimum atomic E-state index is 0.325. The first-order chi connectivity index (χ1) is 7.72. The van der Waals surface area contributed by atoms with Crippen LogP contribution in [0.5, 0.6) is 0 Å². The molecule has 0 aliphatic heterocycles. The molecule has 1 aromatic heterocycles. The Kier molecular flexibility index (Phi) is 5.56. The maximum atomic E-state index is 5.55. The average molecular weight is 223 g/mol. The van der Waals surface area contributed by atoms with Crippen molar-refractivity contribution in [2.75, 3.05) is 24.1 Å². The van der Waals surface area contributed by atoms with E-state index in [-0.39, 0.29) is 0 Å². The Morgan fingerprint density at radius 2 is 1.94 bits per heavy atom. The molecule has 0 unspecified atom stereocenters. The standard InChI is InChI=1S/C11H21N5/c1-9-8-10(16-11(13)15-9)14-7-5-3-2-4-6-12/h8H,2-7,12H2,1H3,(H3,13,14,15,16). The fourth-order valence-electron chi connectivity index (χ4n) is 1.52. The molecule has 0 saturated carbocycles. The summed E-state index contributed by atoms with van der Waals surface area (Å²) in [6, 6.07) is 1.90. The molecule has 5 nitrogen and oxygen atoms in total. The third-order valence-corrected chi connectivity index (χ3v) is 2.31. The molecule has 1 aromatic rings. The van der Waals surface area contributed by atoms with Crippen LogP contribution in [0.3, 0.4) is 0 Å². The van der Waals surface area contributed by atoms with Crippen LogP contribution in [0, 0.1) is 6.92 Å². The molecule has 0 amide bonds. The zero-order valence-corrected chi connectivity index (χ0v) is 9.87. The number of unbranched alkanes of at least 4 members (excludes halogenated alkanes) is 3. The van der Waals surface area contributed by atoms with Gasteiger partial charge in [0.2, 0.25) is 5.95 Å². The number of hydrogen-bond donors (Lipinski definition) is 3. The van der Waals surface area contributed by atoms with Crippen LogP contribution >= 0.6 is 0 Å². The van der Waals surface area contributed by atoms with E-state index < -0.39 is 0 Å². The third kappa shape index (κ3) is 4.93. The summed E-state index contributed by atoms with van der Waals surface area (Å²) < 4.78 is 0. The largest absolute Gasteiger partial charge is 0.370 e. The van der Waals surface area contributed by atoms with E-state index in [2.05, 4.69) is 15.3 Å². The number of aromatic nitrogens is 2. The molecule has 0 bridgehead atoms. The number of hydrogen-bond acceptors (Lipinski definition) is 5. The summed E-state index contributed by atoms with van der Waals surface area (Å²) in [5, 5.41) is 3.24. The van der Waals surface area contributed by atoms with Crippen molar-refractivity contribution in [2.45, 2.75) is 32.6 Å². The summed E-state index contributed by atoms with van der Waals surface area (Å²) in [7, 11) is 0. The lowest BCUT2D eigenvalue weighted by atomic mass is 10.2. The number of aryl methyl sites for hydroxylation is 1. The monoisotopic (exact) mass is 223 g/mol. The minimum Gasteiger partial charge on any atom is -0.370 e. The smallest absolute Gasteiger partial charge is 0.222 e. The van der Waals surface area contributed by atoms with Gasteiger partial charge in [0.15, 0.2) is 0 Å². The van der Waals surface area contributed by atoms with Crippen LogP contribution in [0.1, 0.15) is 31.4 Å². The van der Waals surface area contributed by atoms with Gasteiger partial charge in [0.1, 0.15) is 5.82 Å². The predicted octanol–water partition coefficient (Wildman–Crippen LogP) is 1.30. The Morgan fingerprint density at radius 3 is 2.62 bits per heavy atom. The van der Waals surface area contributed by atoms with Crippen molar-refractivity contribution in [3.63, 3.8) is 0 Å². The van der Waals surface area contributed by atoms with Gasteiger partial charge in [-0.05, 0) is 26.3 Å². The maximum Gasteiger partial charge on any atom is 0.222 e. The Labute approximate surface area is 96.7 Å². The van der Waals surface area contributed by atoms with E-state index in [1.807, 2.05) is 13.0 Å². The van der Waals surface area contributed by atoms with Gasteiger partial charge >= 0.3 is 0 Å². The molecule has 0 aliphatic carbocycles. The van der Waals surface area contributed by atoms with Crippen molar-refractivity contribution in [1.29, 1.82) is 0 Å². The fourth-order valence-corrected chi connectivity index (χ4v) is 1.52. The van der Waals surface area contributed by atoms with Crippen LogP contribution in [0.2, 0.25) is 0 Å².